The predicted octanol–water partition coefficient (Wildman–Crippen LogP) is 1.13. The summed E-state index contributed by atoms with van der Waals surface area (Å²) < 4.78 is 4.90. The van der Waals surface area contributed by atoms with Gasteiger partial charge in [0.15, 0.2) is 11.6 Å². The molecule has 0 amide bonds. The summed E-state index contributed by atoms with van der Waals surface area (Å²) in [5.74, 6) is -1.39. The molecule has 4 heteroatoms. The lowest BCUT2D eigenvalue weighted by atomic mass is 9.79. The summed E-state index contributed by atoms with van der Waals surface area (Å²) in [5.41, 5.74) is 0.771. The van der Waals surface area contributed by atoms with Crippen LogP contribution >= 0.6 is 0 Å². The number of rotatable bonds is 2. The summed E-state index contributed by atoms with van der Waals surface area (Å²) in [5, 5.41) is 0. The lowest BCUT2D eigenvalue weighted by Gasteiger charge is -2.23. The highest BCUT2D eigenvalue weighted by Crippen LogP contribution is 2.31. The topological polar surface area (TPSA) is 60.4 Å². The first-order chi connectivity index (χ1) is 8.13. The van der Waals surface area contributed by atoms with Crippen LogP contribution in [-0.2, 0) is 19.1 Å². The maximum absolute atomic E-state index is 11.7. The number of hydrogen-bond acceptors (Lipinski definition) is 4. The van der Waals surface area contributed by atoms with Crippen LogP contribution in [0.3, 0.4) is 0 Å². The van der Waals surface area contributed by atoms with E-state index in [4.69, 9.17) is 4.74 Å². The van der Waals surface area contributed by atoms with Crippen molar-refractivity contribution in [1.29, 1.82) is 0 Å². The Morgan fingerprint density at radius 1 is 1.47 bits per heavy atom. The molecule has 0 aromatic rings. The zero-order valence-electron chi connectivity index (χ0n) is 9.43. The van der Waals surface area contributed by atoms with E-state index in [1.54, 1.807) is 25.2 Å². The zero-order valence-corrected chi connectivity index (χ0v) is 9.43. The van der Waals surface area contributed by atoms with Crippen molar-refractivity contribution < 1.29 is 19.1 Å². The molecule has 88 valence electrons. The predicted molar refractivity (Wildman–Crippen MR) is 60.1 cm³/mol. The van der Waals surface area contributed by atoms with Gasteiger partial charge in [-0.2, -0.15) is 0 Å². The molecule has 17 heavy (non-hydrogen) atoms. The third kappa shape index (κ3) is 2.11. The van der Waals surface area contributed by atoms with E-state index < -0.39 is 11.9 Å². The molecular weight excluding hydrogens is 220 g/mol. The van der Waals surface area contributed by atoms with E-state index in [0.717, 1.165) is 0 Å². The first kappa shape index (κ1) is 11.5. The van der Waals surface area contributed by atoms with Gasteiger partial charge in [-0.05, 0) is 24.6 Å². The summed E-state index contributed by atoms with van der Waals surface area (Å²) in [6, 6.07) is 0. The third-order valence-electron chi connectivity index (χ3n) is 2.72. The Hall–Kier alpha value is -1.97. The Bertz CT molecular complexity index is 480. The molecule has 0 bridgehead atoms. The average Bonchev–Trinajstić information content (AvgIpc) is 2.28. The van der Waals surface area contributed by atoms with E-state index in [9.17, 15) is 14.4 Å². The number of esters is 1. The van der Waals surface area contributed by atoms with E-state index in [2.05, 4.69) is 0 Å². The molecule has 1 unspecified atom stereocenters. The molecule has 0 radical (unpaired) electrons. The fraction of sp³-hybridized carbons (Fsp3) is 0.308. The molecule has 0 saturated carbocycles. The third-order valence-corrected chi connectivity index (χ3v) is 2.72. The van der Waals surface area contributed by atoms with Gasteiger partial charge in [0.25, 0.3) is 0 Å². The van der Waals surface area contributed by atoms with Crippen LogP contribution in [0.5, 0.6) is 0 Å². The van der Waals surface area contributed by atoms with Crippen LogP contribution in [0, 0.1) is 5.92 Å². The molecular formula is C13H12O4. The van der Waals surface area contributed by atoms with Gasteiger partial charge in [0.2, 0.25) is 0 Å². The second kappa shape index (κ2) is 4.49. The van der Waals surface area contributed by atoms with Gasteiger partial charge in [-0.1, -0.05) is 12.2 Å². The summed E-state index contributed by atoms with van der Waals surface area (Å²) in [6.45, 7) is 1.97. The standard InChI is InChI=1S/C13H12O4/c1-2-17-13(16)10-5-3-4-9-11(10)6-8(14)7-12(9)15/h3-6,9H,2,7H2,1H3. The smallest absolute Gasteiger partial charge is 0.338 e. The average molecular weight is 232 g/mol. The van der Waals surface area contributed by atoms with Gasteiger partial charge in [-0.15, -0.1) is 0 Å². The van der Waals surface area contributed by atoms with Crippen LogP contribution in [0.15, 0.2) is 35.5 Å². The van der Waals surface area contributed by atoms with Crippen molar-refractivity contribution in [3.05, 3.63) is 35.5 Å². The van der Waals surface area contributed by atoms with Gasteiger partial charge in [0.1, 0.15) is 0 Å². The molecule has 4 nitrogen and oxygen atoms in total. The normalized spacial score (nSPS) is 22.8. The second-order valence-corrected chi connectivity index (χ2v) is 3.87. The molecule has 0 aromatic heterocycles. The lowest BCUT2D eigenvalue weighted by Crippen LogP contribution is -2.28. The molecule has 0 spiro atoms. The quantitative estimate of drug-likeness (QED) is 0.529. The van der Waals surface area contributed by atoms with E-state index in [0.29, 0.717) is 11.1 Å². The molecule has 0 saturated heterocycles. The van der Waals surface area contributed by atoms with Crippen molar-refractivity contribution in [2.75, 3.05) is 6.61 Å². The van der Waals surface area contributed by atoms with Crippen molar-refractivity contribution in [3.63, 3.8) is 0 Å². The maximum atomic E-state index is 11.7. The molecule has 0 aliphatic heterocycles. The summed E-state index contributed by atoms with van der Waals surface area (Å²) in [6.07, 6.45) is 6.21. The Morgan fingerprint density at radius 2 is 2.24 bits per heavy atom. The minimum Gasteiger partial charge on any atom is -0.462 e. The number of ether oxygens (including phenoxy) is 1. The number of hydrogen-bond donors (Lipinski definition) is 0. The van der Waals surface area contributed by atoms with Gasteiger partial charge in [0, 0.05) is 0 Å². The van der Waals surface area contributed by atoms with E-state index in [1.807, 2.05) is 0 Å². The van der Waals surface area contributed by atoms with Gasteiger partial charge >= 0.3 is 5.97 Å². The zero-order chi connectivity index (χ0) is 12.4. The highest BCUT2D eigenvalue weighted by Gasteiger charge is 2.33. The van der Waals surface area contributed by atoms with E-state index >= 15 is 0 Å². The second-order valence-electron chi connectivity index (χ2n) is 3.87. The maximum Gasteiger partial charge on any atom is 0.338 e. The van der Waals surface area contributed by atoms with Crippen LogP contribution in [-0.4, -0.2) is 24.1 Å². The Balaban J connectivity index is 2.38. The largest absolute Gasteiger partial charge is 0.462 e. The summed E-state index contributed by atoms with van der Waals surface area (Å²) in [4.78, 5) is 34.7. The minimum atomic E-state index is -0.490. The van der Waals surface area contributed by atoms with Crippen molar-refractivity contribution >= 4 is 17.5 Å². The number of fused-ring (bicyclic) bond motifs is 1. The first-order valence-electron chi connectivity index (χ1n) is 5.46. The monoisotopic (exact) mass is 232 g/mol. The van der Waals surface area contributed by atoms with Crippen LogP contribution < -0.4 is 0 Å². The Labute approximate surface area is 98.6 Å². The number of ketones is 2. The molecule has 2 aliphatic rings. The minimum absolute atomic E-state index is 0.0887. The molecule has 0 aromatic carbocycles. The van der Waals surface area contributed by atoms with Crippen LogP contribution in [0.2, 0.25) is 0 Å². The summed E-state index contributed by atoms with van der Waals surface area (Å²) >= 11 is 0. The number of carbonyl (C=O) groups is 3. The van der Waals surface area contributed by atoms with Crippen molar-refractivity contribution in [2.24, 2.45) is 5.92 Å². The fourth-order valence-electron chi connectivity index (χ4n) is 1.98. The van der Waals surface area contributed by atoms with Gasteiger partial charge in [-0.3, -0.25) is 9.59 Å². The number of carbonyl (C=O) groups excluding carboxylic acids is 3. The summed E-state index contributed by atoms with van der Waals surface area (Å²) in [7, 11) is 0. The van der Waals surface area contributed by atoms with Crippen LogP contribution in [0.1, 0.15) is 13.3 Å². The van der Waals surface area contributed by atoms with Crippen molar-refractivity contribution in [2.45, 2.75) is 13.3 Å². The molecule has 0 heterocycles. The highest BCUT2D eigenvalue weighted by atomic mass is 16.5. The Kier molecular flexibility index (Phi) is 3.04. The van der Waals surface area contributed by atoms with E-state index in [1.165, 1.54) is 6.08 Å². The number of allylic oxidation sites excluding steroid dienone is 4. The van der Waals surface area contributed by atoms with Crippen molar-refractivity contribution in [1.82, 2.24) is 0 Å². The molecule has 0 N–H and O–H groups in total. The fourth-order valence-corrected chi connectivity index (χ4v) is 1.98. The first-order valence-corrected chi connectivity index (χ1v) is 5.46. The van der Waals surface area contributed by atoms with Crippen LogP contribution in [0.25, 0.3) is 0 Å². The van der Waals surface area contributed by atoms with Gasteiger partial charge in [-0.25, -0.2) is 4.79 Å². The lowest BCUT2D eigenvalue weighted by molar-refractivity contribution is -0.138. The SMILES string of the molecule is CCOC(=O)C1=CC=CC2C(=O)CC(=O)C=C12. The molecule has 2 rings (SSSR count). The molecule has 2 aliphatic carbocycles. The molecule has 1 atom stereocenters. The Morgan fingerprint density at radius 3 is 2.94 bits per heavy atom. The highest BCUT2D eigenvalue weighted by molar-refractivity contribution is 6.13. The van der Waals surface area contributed by atoms with E-state index in [-0.39, 0.29) is 24.6 Å². The number of Topliss-reactive ketones (excluding diaryl/α,β-unsaturated/α-hetero) is 1. The van der Waals surface area contributed by atoms with Gasteiger partial charge < -0.3 is 4.74 Å². The van der Waals surface area contributed by atoms with Crippen LogP contribution in [0.4, 0.5) is 0 Å². The molecule has 0 fully saturated rings. The van der Waals surface area contributed by atoms with Gasteiger partial charge in [0.05, 0.1) is 24.5 Å². The van der Waals surface area contributed by atoms with Crippen molar-refractivity contribution in [3.8, 4) is 0 Å².